The maximum Gasteiger partial charge on any atom is 0.255 e. The molecule has 1 atom stereocenters. The molecule has 2 aromatic carbocycles. The summed E-state index contributed by atoms with van der Waals surface area (Å²) in [5, 5.41) is 5.14. The molecule has 8 heteroatoms. The highest BCUT2D eigenvalue weighted by Crippen LogP contribution is 2.25. The minimum absolute atomic E-state index is 0.0376. The van der Waals surface area contributed by atoms with E-state index in [0.29, 0.717) is 11.3 Å². The van der Waals surface area contributed by atoms with Gasteiger partial charge in [0.25, 0.3) is 5.91 Å². The minimum atomic E-state index is -3.75. The summed E-state index contributed by atoms with van der Waals surface area (Å²) in [6.07, 6.45) is 0. The molecule has 3 rings (SSSR count). The average molecular weight is 488 g/mol. The van der Waals surface area contributed by atoms with E-state index in [1.807, 2.05) is 44.2 Å². The van der Waals surface area contributed by atoms with Gasteiger partial charge in [-0.3, -0.25) is 9.78 Å². The van der Waals surface area contributed by atoms with E-state index in [9.17, 15) is 13.2 Å². The largest absolute Gasteiger partial charge is 0.335 e. The quantitative estimate of drug-likeness (QED) is 0.580. The fourth-order valence-electron chi connectivity index (χ4n) is 3.12. The van der Waals surface area contributed by atoms with E-state index in [1.165, 1.54) is 12.1 Å². The molecule has 1 heterocycles. The lowest BCUT2D eigenvalue weighted by Gasteiger charge is -2.26. The molecule has 3 aromatic rings. The molecule has 0 bridgehead atoms. The molecule has 0 saturated carbocycles. The van der Waals surface area contributed by atoms with Crippen LogP contribution in [0.4, 0.5) is 0 Å². The van der Waals surface area contributed by atoms with Crippen LogP contribution in [0.25, 0.3) is 11.3 Å². The highest BCUT2D eigenvalue weighted by molar-refractivity contribution is 9.10. The second kappa shape index (κ2) is 8.67. The zero-order chi connectivity index (χ0) is 22.1. The Kier molecular flexibility index (Phi) is 6.40. The molecule has 0 radical (unpaired) electrons. The molecule has 0 fully saturated rings. The van der Waals surface area contributed by atoms with Crippen LogP contribution in [0.1, 0.15) is 34.6 Å². The minimum Gasteiger partial charge on any atom is -0.335 e. The van der Waals surface area contributed by atoms with Gasteiger partial charge in [-0.1, -0.05) is 40.2 Å². The van der Waals surface area contributed by atoms with Gasteiger partial charge in [0.15, 0.2) is 0 Å². The smallest absolute Gasteiger partial charge is 0.255 e. The number of aryl methyl sites for hydroxylation is 1. The molecular weight excluding hydrogens is 466 g/mol. The number of benzene rings is 2. The topological polar surface area (TPSA) is 93.4 Å². The van der Waals surface area contributed by atoms with Crippen molar-refractivity contribution in [3.8, 4) is 11.3 Å². The number of sulfonamides is 1. The summed E-state index contributed by atoms with van der Waals surface area (Å²) in [6, 6.07) is 17.4. The van der Waals surface area contributed by atoms with E-state index in [2.05, 4.69) is 20.9 Å². The van der Waals surface area contributed by atoms with Crippen molar-refractivity contribution in [2.75, 3.05) is 7.05 Å². The van der Waals surface area contributed by atoms with Crippen LogP contribution in [0, 0.1) is 6.92 Å². The Balaban J connectivity index is 1.83. The van der Waals surface area contributed by atoms with Crippen LogP contribution >= 0.6 is 15.9 Å². The maximum absolute atomic E-state index is 13.1. The van der Waals surface area contributed by atoms with Crippen LogP contribution < -0.4 is 5.14 Å². The summed E-state index contributed by atoms with van der Waals surface area (Å²) < 4.78 is 23.8. The summed E-state index contributed by atoms with van der Waals surface area (Å²) in [4.78, 5) is 19.3. The first-order valence-corrected chi connectivity index (χ1v) is 11.6. The maximum atomic E-state index is 13.1. The molecule has 30 heavy (non-hydrogen) atoms. The van der Waals surface area contributed by atoms with E-state index >= 15 is 0 Å². The van der Waals surface area contributed by atoms with Crippen molar-refractivity contribution in [1.82, 2.24) is 9.88 Å². The lowest BCUT2D eigenvalue weighted by molar-refractivity contribution is 0.0741. The van der Waals surface area contributed by atoms with E-state index in [-0.39, 0.29) is 16.8 Å². The number of nitrogens with zero attached hydrogens (tertiary/aromatic N) is 2. The standard InChI is InChI=1S/C22H22BrN3O3S/c1-14-20(11-12-21(25-14)17-5-4-6-18(23)13-17)22(27)26(3)15(2)16-7-9-19(10-8-16)30(24,28)29/h4-13,15H,1-3H3,(H2,24,28,29). The Morgan fingerprint density at radius 3 is 2.33 bits per heavy atom. The van der Waals surface area contributed by atoms with Gasteiger partial charge in [-0.2, -0.15) is 0 Å². The SMILES string of the molecule is Cc1nc(-c2cccc(Br)c2)ccc1C(=O)N(C)C(C)c1ccc(S(N)(=O)=O)cc1. The number of amides is 1. The van der Waals surface area contributed by atoms with Crippen LogP contribution in [0.15, 0.2) is 70.0 Å². The number of pyridine rings is 1. The number of aromatic nitrogens is 1. The van der Waals surface area contributed by atoms with Crippen LogP contribution in [0.2, 0.25) is 0 Å². The Morgan fingerprint density at radius 1 is 1.10 bits per heavy atom. The van der Waals surface area contributed by atoms with E-state index in [0.717, 1.165) is 21.3 Å². The second-order valence-electron chi connectivity index (χ2n) is 7.05. The van der Waals surface area contributed by atoms with E-state index in [4.69, 9.17) is 5.14 Å². The monoisotopic (exact) mass is 487 g/mol. The van der Waals surface area contributed by atoms with Crippen LogP contribution in [-0.4, -0.2) is 31.3 Å². The van der Waals surface area contributed by atoms with Crippen molar-refractivity contribution in [3.05, 3.63) is 82.0 Å². The molecule has 0 saturated heterocycles. The normalized spacial score (nSPS) is 12.4. The Hall–Kier alpha value is -2.55. The Labute approximate surface area is 184 Å². The number of carbonyl (C=O) groups excluding carboxylic acids is 1. The number of hydrogen-bond acceptors (Lipinski definition) is 4. The molecule has 1 amide bonds. The molecule has 6 nitrogen and oxygen atoms in total. The predicted molar refractivity (Wildman–Crippen MR) is 120 cm³/mol. The third-order valence-electron chi connectivity index (χ3n) is 5.03. The summed E-state index contributed by atoms with van der Waals surface area (Å²) in [7, 11) is -2.04. The van der Waals surface area contributed by atoms with Gasteiger partial charge in [0.2, 0.25) is 10.0 Å². The molecule has 1 aromatic heterocycles. The first-order chi connectivity index (χ1) is 14.1. The van der Waals surface area contributed by atoms with Crippen LogP contribution in [0.3, 0.4) is 0 Å². The average Bonchev–Trinajstić information content (AvgIpc) is 2.71. The molecule has 0 aliphatic rings. The summed E-state index contributed by atoms with van der Waals surface area (Å²) in [6.45, 7) is 3.69. The summed E-state index contributed by atoms with van der Waals surface area (Å²) in [5.74, 6) is -0.163. The van der Waals surface area contributed by atoms with Crippen LogP contribution in [0.5, 0.6) is 0 Å². The van der Waals surface area contributed by atoms with Gasteiger partial charge in [-0.25, -0.2) is 13.6 Å². The van der Waals surface area contributed by atoms with Gasteiger partial charge >= 0.3 is 0 Å². The van der Waals surface area contributed by atoms with E-state index < -0.39 is 10.0 Å². The van der Waals surface area contributed by atoms with Crippen molar-refractivity contribution < 1.29 is 13.2 Å². The molecule has 1 unspecified atom stereocenters. The van der Waals surface area contributed by atoms with Crippen molar-refractivity contribution in [2.24, 2.45) is 5.14 Å². The number of rotatable bonds is 5. The zero-order valence-corrected chi connectivity index (χ0v) is 19.2. The fourth-order valence-corrected chi connectivity index (χ4v) is 4.04. The molecule has 0 aliphatic heterocycles. The lowest BCUT2D eigenvalue weighted by atomic mass is 10.0. The first-order valence-electron chi connectivity index (χ1n) is 9.21. The predicted octanol–water partition coefficient (Wildman–Crippen LogP) is 4.30. The zero-order valence-electron chi connectivity index (χ0n) is 16.8. The van der Waals surface area contributed by atoms with Crippen LogP contribution in [-0.2, 0) is 10.0 Å². The number of nitrogens with two attached hydrogens (primary N) is 1. The first kappa shape index (κ1) is 22.1. The second-order valence-corrected chi connectivity index (χ2v) is 9.52. The highest BCUT2D eigenvalue weighted by atomic mass is 79.9. The molecule has 156 valence electrons. The van der Waals surface area contributed by atoms with Gasteiger partial charge in [0.1, 0.15) is 0 Å². The van der Waals surface area contributed by atoms with Gasteiger partial charge in [0, 0.05) is 17.1 Å². The van der Waals surface area contributed by atoms with Crippen molar-refractivity contribution in [3.63, 3.8) is 0 Å². The summed E-state index contributed by atoms with van der Waals surface area (Å²) >= 11 is 3.46. The van der Waals surface area contributed by atoms with Gasteiger partial charge in [-0.05, 0) is 55.8 Å². The Morgan fingerprint density at radius 2 is 1.77 bits per heavy atom. The van der Waals surface area contributed by atoms with Gasteiger partial charge in [0.05, 0.1) is 27.9 Å². The van der Waals surface area contributed by atoms with Crippen molar-refractivity contribution in [2.45, 2.75) is 24.8 Å². The van der Waals surface area contributed by atoms with Gasteiger partial charge in [-0.15, -0.1) is 0 Å². The lowest BCUT2D eigenvalue weighted by Crippen LogP contribution is -2.30. The third kappa shape index (κ3) is 4.77. The third-order valence-corrected chi connectivity index (χ3v) is 6.45. The highest BCUT2D eigenvalue weighted by Gasteiger charge is 2.21. The van der Waals surface area contributed by atoms with E-state index in [1.54, 1.807) is 30.1 Å². The Bertz CT molecular complexity index is 1190. The summed E-state index contributed by atoms with van der Waals surface area (Å²) in [5.41, 5.74) is 3.71. The van der Waals surface area contributed by atoms with Gasteiger partial charge < -0.3 is 4.90 Å². The molecular formula is C22H22BrN3O3S. The number of hydrogen-bond donors (Lipinski definition) is 1. The number of primary sulfonamides is 1. The van der Waals surface area contributed by atoms with Crippen molar-refractivity contribution >= 4 is 31.9 Å². The molecule has 0 aliphatic carbocycles. The number of halogens is 1. The van der Waals surface area contributed by atoms with Crippen molar-refractivity contribution in [1.29, 1.82) is 0 Å². The molecule has 0 spiro atoms. The molecule has 2 N–H and O–H groups in total. The fraction of sp³-hybridized carbons (Fsp3) is 0.182. The number of carbonyl (C=O) groups is 1.